The minimum Gasteiger partial charge on any atom is -0.346 e. The van der Waals surface area contributed by atoms with Crippen LogP contribution in [0.3, 0.4) is 0 Å². The highest BCUT2D eigenvalue weighted by Crippen LogP contribution is 2.18. The molecule has 214 valence electrons. The first-order valence-corrected chi connectivity index (χ1v) is 18.0. The molecule has 4 nitrogen and oxygen atoms in total. The lowest BCUT2D eigenvalue weighted by atomic mass is 10.2. The Kier molecular flexibility index (Phi) is 21.6. The predicted molar refractivity (Wildman–Crippen MR) is 169 cm³/mol. The van der Waals surface area contributed by atoms with E-state index in [1.54, 1.807) is 0 Å². The molecule has 0 aliphatic rings. The Hall–Kier alpha value is -0.440. The molecule has 2 aromatic rings. The Bertz CT molecular complexity index is 726. The van der Waals surface area contributed by atoms with Gasteiger partial charge in [0.25, 0.3) is 0 Å². The van der Waals surface area contributed by atoms with Crippen LogP contribution in [0.5, 0.6) is 0 Å². The van der Waals surface area contributed by atoms with E-state index >= 15 is 0 Å². The summed E-state index contributed by atoms with van der Waals surface area (Å²) in [4.78, 5) is 0. The summed E-state index contributed by atoms with van der Waals surface area (Å²) in [6.07, 6.45) is 10.8. The first kappa shape index (κ1) is 33.8. The van der Waals surface area contributed by atoms with Crippen LogP contribution in [0, 0.1) is 0 Å². The smallest absolute Gasteiger partial charge is 0.101 e. The fourth-order valence-corrected chi connectivity index (χ4v) is 6.61. The van der Waals surface area contributed by atoms with Crippen LogP contribution >= 0.6 is 44.8 Å². The van der Waals surface area contributed by atoms with E-state index in [-0.39, 0.29) is 0 Å². The SMILES string of the molecule is Clc1ccc(C[NH2+]CCCCCC[NH2+]CCSSCC[NH2+]CCCCCC[NH2+]Cc2ccc(Cl)cc2)cc1. The van der Waals surface area contributed by atoms with Crippen molar-refractivity contribution >= 4 is 44.8 Å². The second-order valence-corrected chi connectivity index (χ2v) is 13.6. The average molecular weight is 604 g/mol. The Morgan fingerprint density at radius 2 is 0.763 bits per heavy atom. The van der Waals surface area contributed by atoms with Crippen molar-refractivity contribution in [2.75, 3.05) is 50.8 Å². The van der Waals surface area contributed by atoms with E-state index < -0.39 is 0 Å². The number of hydrogen-bond donors (Lipinski definition) is 4. The molecule has 0 saturated heterocycles. The van der Waals surface area contributed by atoms with Crippen molar-refractivity contribution in [2.24, 2.45) is 0 Å². The van der Waals surface area contributed by atoms with Gasteiger partial charge in [-0.2, -0.15) is 0 Å². The van der Waals surface area contributed by atoms with Gasteiger partial charge in [-0.25, -0.2) is 0 Å². The molecule has 0 aliphatic heterocycles. The molecule has 8 N–H and O–H groups in total. The zero-order chi connectivity index (χ0) is 26.9. The third-order valence-electron chi connectivity index (χ3n) is 6.61. The maximum atomic E-state index is 5.93. The maximum Gasteiger partial charge on any atom is 0.101 e. The number of rotatable bonds is 25. The van der Waals surface area contributed by atoms with Gasteiger partial charge in [0.1, 0.15) is 13.1 Å². The molecule has 0 aromatic heterocycles. The molecule has 38 heavy (non-hydrogen) atoms. The molecular weight excluding hydrogens is 551 g/mol. The summed E-state index contributed by atoms with van der Waals surface area (Å²) in [5, 5.41) is 11.5. The van der Waals surface area contributed by atoms with Gasteiger partial charge in [0.15, 0.2) is 0 Å². The van der Waals surface area contributed by atoms with E-state index in [1.807, 2.05) is 24.3 Å². The topological polar surface area (TPSA) is 66.4 Å². The second-order valence-electron chi connectivity index (χ2n) is 10.0. The largest absolute Gasteiger partial charge is 0.346 e. The van der Waals surface area contributed by atoms with E-state index in [1.165, 1.54) is 113 Å². The fourth-order valence-electron chi connectivity index (χ4n) is 4.31. The van der Waals surface area contributed by atoms with Crippen molar-refractivity contribution in [1.29, 1.82) is 0 Å². The molecule has 0 bridgehead atoms. The number of quaternary nitrogens is 4. The lowest BCUT2D eigenvalue weighted by Crippen LogP contribution is -2.85. The Balaban J connectivity index is 1.19. The van der Waals surface area contributed by atoms with Crippen molar-refractivity contribution in [3.8, 4) is 0 Å². The average Bonchev–Trinajstić information content (AvgIpc) is 2.93. The Labute approximate surface area is 250 Å². The molecule has 0 spiro atoms. The first-order chi connectivity index (χ1) is 18.7. The third kappa shape index (κ3) is 19.6. The van der Waals surface area contributed by atoms with E-state index in [0.717, 1.165) is 23.1 Å². The molecule has 8 heteroatoms. The van der Waals surface area contributed by atoms with Gasteiger partial charge >= 0.3 is 0 Å². The van der Waals surface area contributed by atoms with Gasteiger partial charge in [0.2, 0.25) is 0 Å². The highest BCUT2D eigenvalue weighted by Gasteiger charge is 2.00. The summed E-state index contributed by atoms with van der Waals surface area (Å²) in [6.45, 7) is 9.66. The fraction of sp³-hybridized carbons (Fsp3) is 0.600. The lowest BCUT2D eigenvalue weighted by molar-refractivity contribution is -0.671. The van der Waals surface area contributed by atoms with Crippen LogP contribution < -0.4 is 21.3 Å². The van der Waals surface area contributed by atoms with E-state index in [0.29, 0.717) is 0 Å². The standard InChI is InChI=1S/C30H48Cl2N4S2/c31-29-13-9-27(10-14-29)25-35-19-7-3-1-5-17-33-21-23-37-38-24-22-34-18-6-2-4-8-20-36-26-28-11-15-30(32)16-12-28/h9-16,33-36H,1-8,17-26H2/p+4. The molecule has 0 unspecified atom stereocenters. The van der Waals surface area contributed by atoms with Crippen LogP contribution in [-0.2, 0) is 13.1 Å². The van der Waals surface area contributed by atoms with E-state index in [9.17, 15) is 0 Å². The molecular formula is C30H52Cl2N4S2+4. The van der Waals surface area contributed by atoms with E-state index in [2.05, 4.69) is 67.1 Å². The maximum absolute atomic E-state index is 5.93. The summed E-state index contributed by atoms with van der Waals surface area (Å²) in [6, 6.07) is 16.4. The molecule has 0 saturated carbocycles. The highest BCUT2D eigenvalue weighted by molar-refractivity contribution is 8.76. The van der Waals surface area contributed by atoms with Gasteiger partial charge in [-0.05, 0) is 75.6 Å². The zero-order valence-electron chi connectivity index (χ0n) is 23.2. The van der Waals surface area contributed by atoms with Crippen LogP contribution in [0.2, 0.25) is 10.0 Å². The van der Waals surface area contributed by atoms with Crippen molar-refractivity contribution in [3.63, 3.8) is 0 Å². The van der Waals surface area contributed by atoms with Crippen molar-refractivity contribution in [3.05, 3.63) is 69.7 Å². The monoisotopic (exact) mass is 602 g/mol. The summed E-state index contributed by atoms with van der Waals surface area (Å²) < 4.78 is 0. The summed E-state index contributed by atoms with van der Waals surface area (Å²) in [5.74, 6) is 2.53. The number of unbranched alkanes of at least 4 members (excludes halogenated alkanes) is 6. The summed E-state index contributed by atoms with van der Waals surface area (Å²) in [5.41, 5.74) is 2.72. The lowest BCUT2D eigenvalue weighted by Gasteiger charge is -2.04. The second kappa shape index (κ2) is 24.4. The van der Waals surface area contributed by atoms with Gasteiger partial charge in [-0.15, -0.1) is 0 Å². The molecule has 2 rings (SSSR count). The summed E-state index contributed by atoms with van der Waals surface area (Å²) in [7, 11) is 4.10. The Morgan fingerprint density at radius 3 is 1.13 bits per heavy atom. The minimum absolute atomic E-state index is 0.821. The molecule has 0 amide bonds. The molecule has 0 atom stereocenters. The first-order valence-electron chi connectivity index (χ1n) is 14.7. The van der Waals surface area contributed by atoms with Gasteiger partial charge in [-0.3, -0.25) is 0 Å². The molecule has 0 radical (unpaired) electrons. The van der Waals surface area contributed by atoms with Crippen molar-refractivity contribution < 1.29 is 21.3 Å². The van der Waals surface area contributed by atoms with Crippen LogP contribution in [0.25, 0.3) is 0 Å². The van der Waals surface area contributed by atoms with Gasteiger partial charge < -0.3 is 21.3 Å². The van der Waals surface area contributed by atoms with Gasteiger partial charge in [-0.1, -0.05) is 69.1 Å². The van der Waals surface area contributed by atoms with Crippen molar-refractivity contribution in [1.82, 2.24) is 0 Å². The summed E-state index contributed by atoms with van der Waals surface area (Å²) >= 11 is 11.9. The van der Waals surface area contributed by atoms with Crippen LogP contribution in [0.4, 0.5) is 0 Å². The van der Waals surface area contributed by atoms with Gasteiger partial charge in [0.05, 0.1) is 50.8 Å². The minimum atomic E-state index is 0.821. The van der Waals surface area contributed by atoms with Crippen LogP contribution in [0.1, 0.15) is 62.5 Å². The van der Waals surface area contributed by atoms with E-state index in [4.69, 9.17) is 23.2 Å². The van der Waals surface area contributed by atoms with Gasteiger partial charge in [0, 0.05) is 21.2 Å². The number of nitrogens with two attached hydrogens (primary N) is 4. The normalized spacial score (nSPS) is 11.3. The van der Waals surface area contributed by atoms with Crippen LogP contribution in [-0.4, -0.2) is 50.8 Å². The van der Waals surface area contributed by atoms with Crippen molar-refractivity contribution in [2.45, 2.75) is 64.5 Å². The predicted octanol–water partition coefficient (Wildman–Crippen LogP) is 3.45. The number of benzene rings is 2. The molecule has 0 aliphatic carbocycles. The third-order valence-corrected chi connectivity index (χ3v) is 9.59. The molecule has 0 fully saturated rings. The zero-order valence-corrected chi connectivity index (χ0v) is 26.4. The number of halogens is 2. The molecule has 0 heterocycles. The quantitative estimate of drug-likeness (QED) is 0.104. The number of hydrogen-bond acceptors (Lipinski definition) is 2. The van der Waals surface area contributed by atoms with Crippen LogP contribution in [0.15, 0.2) is 48.5 Å². The Morgan fingerprint density at radius 1 is 0.421 bits per heavy atom. The highest BCUT2D eigenvalue weighted by atomic mass is 35.5. The molecule has 2 aromatic carbocycles.